The summed E-state index contributed by atoms with van der Waals surface area (Å²) >= 11 is 0. The van der Waals surface area contributed by atoms with Gasteiger partial charge in [0.05, 0.1) is 11.9 Å². The summed E-state index contributed by atoms with van der Waals surface area (Å²) in [5, 5.41) is 16.7. The number of nitrogens with one attached hydrogen (secondary N) is 1. The molecule has 1 heterocycles. The summed E-state index contributed by atoms with van der Waals surface area (Å²) in [4.78, 5) is 11.2. The van der Waals surface area contributed by atoms with Crippen molar-refractivity contribution in [1.29, 1.82) is 0 Å². The van der Waals surface area contributed by atoms with Crippen LogP contribution in [0.4, 0.5) is 0 Å². The van der Waals surface area contributed by atoms with Crippen molar-refractivity contribution in [3.8, 4) is 0 Å². The summed E-state index contributed by atoms with van der Waals surface area (Å²) in [5.41, 5.74) is 3.83. The predicted molar refractivity (Wildman–Crippen MR) is 79.3 cm³/mol. The fourth-order valence-corrected chi connectivity index (χ4v) is 2.96. The van der Waals surface area contributed by atoms with Crippen LogP contribution in [0, 0.1) is 0 Å². The lowest BCUT2D eigenvalue weighted by Crippen LogP contribution is -2.35. The molecule has 1 aromatic heterocycles. The molecule has 2 N–H and O–H groups in total. The van der Waals surface area contributed by atoms with E-state index < -0.39 is 5.97 Å². The molecule has 1 aromatic carbocycles. The smallest absolute Gasteiger partial charge is 0.339 e. The van der Waals surface area contributed by atoms with Gasteiger partial charge in [0.15, 0.2) is 0 Å². The van der Waals surface area contributed by atoms with Gasteiger partial charge < -0.3 is 10.4 Å². The van der Waals surface area contributed by atoms with Crippen molar-refractivity contribution in [3.63, 3.8) is 0 Å². The van der Waals surface area contributed by atoms with Crippen molar-refractivity contribution < 1.29 is 9.90 Å². The number of rotatable bonds is 4. The predicted octanol–water partition coefficient (Wildman–Crippen LogP) is 1.77. The molecule has 21 heavy (non-hydrogen) atoms. The summed E-state index contributed by atoms with van der Waals surface area (Å²) in [5.74, 6) is -0.922. The Labute approximate surface area is 123 Å². The number of nitrogens with zero attached hydrogens (tertiary/aromatic N) is 2. The Morgan fingerprint density at radius 3 is 2.95 bits per heavy atom. The Morgan fingerprint density at radius 1 is 1.43 bits per heavy atom. The third-order valence-electron chi connectivity index (χ3n) is 4.20. The molecule has 1 unspecified atom stereocenters. The summed E-state index contributed by atoms with van der Waals surface area (Å²) in [6.07, 6.45) is 4.56. The molecule has 0 radical (unpaired) electrons. The van der Waals surface area contributed by atoms with E-state index in [2.05, 4.69) is 34.7 Å². The molecule has 0 aliphatic heterocycles. The zero-order chi connectivity index (χ0) is 14.8. The van der Waals surface area contributed by atoms with E-state index in [4.69, 9.17) is 5.11 Å². The van der Waals surface area contributed by atoms with Crippen LogP contribution in [0.2, 0.25) is 0 Å². The van der Waals surface area contributed by atoms with Crippen LogP contribution in [0.25, 0.3) is 0 Å². The average Bonchev–Trinajstić information content (AvgIpc) is 2.86. The number of aromatic carboxylic acids is 1. The van der Waals surface area contributed by atoms with Crippen molar-refractivity contribution in [2.24, 2.45) is 7.05 Å². The Morgan fingerprint density at radius 2 is 2.19 bits per heavy atom. The molecule has 3 rings (SSSR count). The first kappa shape index (κ1) is 13.8. The molecule has 1 aliphatic carbocycles. The van der Waals surface area contributed by atoms with Crippen LogP contribution in [0.3, 0.4) is 0 Å². The molecule has 110 valence electrons. The minimum Gasteiger partial charge on any atom is -0.478 e. The molecular weight excluding hydrogens is 266 g/mol. The van der Waals surface area contributed by atoms with Gasteiger partial charge in [0.2, 0.25) is 0 Å². The molecule has 0 saturated heterocycles. The number of aryl methyl sites for hydroxylation is 2. The van der Waals surface area contributed by atoms with Crippen molar-refractivity contribution >= 4 is 5.97 Å². The van der Waals surface area contributed by atoms with Crippen LogP contribution < -0.4 is 5.32 Å². The maximum atomic E-state index is 11.2. The average molecular weight is 285 g/mol. The van der Waals surface area contributed by atoms with Gasteiger partial charge in [0.1, 0.15) is 5.56 Å². The lowest BCUT2D eigenvalue weighted by molar-refractivity contribution is 0.0695. The molecule has 0 fully saturated rings. The lowest BCUT2D eigenvalue weighted by atomic mass is 9.88. The quantitative estimate of drug-likeness (QED) is 0.898. The summed E-state index contributed by atoms with van der Waals surface area (Å²) in [7, 11) is 1.78. The fraction of sp³-hybridized carbons (Fsp3) is 0.375. The number of carbonyl (C=O) groups is 1. The van der Waals surface area contributed by atoms with Crippen LogP contribution in [-0.4, -0.2) is 26.9 Å². The number of aromatic nitrogens is 2. The number of hydrogen-bond donors (Lipinski definition) is 2. The number of hydrogen-bond acceptors (Lipinski definition) is 3. The molecule has 5 heteroatoms. The van der Waals surface area contributed by atoms with Crippen LogP contribution in [0.5, 0.6) is 0 Å². The Balaban J connectivity index is 1.67. The van der Waals surface area contributed by atoms with Gasteiger partial charge in [-0.1, -0.05) is 24.3 Å². The molecule has 1 aliphatic rings. The second-order valence-corrected chi connectivity index (χ2v) is 5.52. The van der Waals surface area contributed by atoms with Crippen molar-refractivity contribution in [2.75, 3.05) is 0 Å². The molecule has 0 saturated carbocycles. The summed E-state index contributed by atoms with van der Waals surface area (Å²) in [6.45, 7) is 0.533. The number of fused-ring (bicyclic) bond motifs is 1. The summed E-state index contributed by atoms with van der Waals surface area (Å²) in [6, 6.07) is 8.91. The van der Waals surface area contributed by atoms with E-state index in [1.807, 2.05) is 0 Å². The van der Waals surface area contributed by atoms with Crippen LogP contribution in [0.1, 0.15) is 33.6 Å². The van der Waals surface area contributed by atoms with Gasteiger partial charge in [-0.05, 0) is 30.4 Å². The van der Waals surface area contributed by atoms with E-state index in [1.54, 1.807) is 11.7 Å². The van der Waals surface area contributed by atoms with E-state index in [1.165, 1.54) is 17.3 Å². The van der Waals surface area contributed by atoms with Gasteiger partial charge in [-0.3, -0.25) is 4.68 Å². The first-order valence-electron chi connectivity index (χ1n) is 7.19. The molecule has 1 atom stereocenters. The molecule has 0 spiro atoms. The van der Waals surface area contributed by atoms with Crippen LogP contribution in [0.15, 0.2) is 30.5 Å². The monoisotopic (exact) mass is 285 g/mol. The number of benzene rings is 1. The highest BCUT2D eigenvalue weighted by atomic mass is 16.4. The zero-order valence-electron chi connectivity index (χ0n) is 12.0. The molecule has 0 amide bonds. The van der Waals surface area contributed by atoms with Gasteiger partial charge in [0, 0.05) is 19.6 Å². The van der Waals surface area contributed by atoms with Gasteiger partial charge in [-0.2, -0.15) is 5.10 Å². The van der Waals surface area contributed by atoms with Crippen molar-refractivity contribution in [1.82, 2.24) is 15.1 Å². The fourth-order valence-electron chi connectivity index (χ4n) is 2.96. The minimum atomic E-state index is -0.922. The molecule has 2 aromatic rings. The maximum Gasteiger partial charge on any atom is 0.339 e. The van der Waals surface area contributed by atoms with Crippen molar-refractivity contribution in [3.05, 3.63) is 52.8 Å². The van der Waals surface area contributed by atoms with E-state index >= 15 is 0 Å². The highest BCUT2D eigenvalue weighted by molar-refractivity contribution is 5.88. The van der Waals surface area contributed by atoms with Gasteiger partial charge >= 0.3 is 5.97 Å². The topological polar surface area (TPSA) is 67.2 Å². The van der Waals surface area contributed by atoms with E-state index in [9.17, 15) is 4.79 Å². The first-order valence-corrected chi connectivity index (χ1v) is 7.19. The summed E-state index contributed by atoms with van der Waals surface area (Å²) < 4.78 is 1.63. The maximum absolute atomic E-state index is 11.2. The third kappa shape index (κ3) is 2.83. The third-order valence-corrected chi connectivity index (χ3v) is 4.20. The highest BCUT2D eigenvalue weighted by Crippen LogP contribution is 2.21. The van der Waals surface area contributed by atoms with E-state index in [0.717, 1.165) is 25.0 Å². The molecular formula is C16H19N3O2. The Kier molecular flexibility index (Phi) is 3.75. The van der Waals surface area contributed by atoms with Gasteiger partial charge in [-0.15, -0.1) is 0 Å². The number of carboxylic acid groups (broad SMARTS) is 1. The van der Waals surface area contributed by atoms with Gasteiger partial charge in [-0.25, -0.2) is 4.79 Å². The van der Waals surface area contributed by atoms with E-state index in [0.29, 0.717) is 12.6 Å². The lowest BCUT2D eigenvalue weighted by Gasteiger charge is -2.25. The van der Waals surface area contributed by atoms with Crippen LogP contribution in [-0.2, 0) is 26.4 Å². The minimum absolute atomic E-state index is 0.279. The standard InChI is InChI=1S/C16H19N3O2/c1-19-15(14(9-18-19)16(20)21)10-17-13-7-6-11-4-2-3-5-12(11)8-13/h2-5,9,13,17H,6-8,10H2,1H3,(H,20,21). The largest absolute Gasteiger partial charge is 0.478 e. The molecule has 5 nitrogen and oxygen atoms in total. The zero-order valence-corrected chi connectivity index (χ0v) is 12.0. The van der Waals surface area contributed by atoms with Crippen molar-refractivity contribution in [2.45, 2.75) is 31.8 Å². The van der Waals surface area contributed by atoms with Crippen LogP contribution >= 0.6 is 0 Å². The molecule has 0 bridgehead atoms. The Bertz CT molecular complexity index is 663. The second kappa shape index (κ2) is 5.69. The van der Waals surface area contributed by atoms with Gasteiger partial charge in [0.25, 0.3) is 0 Å². The normalized spacial score (nSPS) is 17.5. The number of carboxylic acids is 1. The Hall–Kier alpha value is -2.14. The second-order valence-electron chi connectivity index (χ2n) is 5.52. The highest BCUT2D eigenvalue weighted by Gasteiger charge is 2.20. The van der Waals surface area contributed by atoms with E-state index in [-0.39, 0.29) is 5.56 Å². The first-order chi connectivity index (χ1) is 10.1. The SMILES string of the molecule is Cn1ncc(C(=O)O)c1CNC1CCc2ccccc2C1.